The zero-order valence-corrected chi connectivity index (χ0v) is 30.3. The third kappa shape index (κ3) is 8.23. The standard InChI is InChI=1S/C34H38Cl2FN3O7S2/c1-4-26(20-39(49(45,46)27-16-17-27)29-11-6-5-10-28(29)37)40-32(22-12-14-24(35)15-13-22)33(23-8-7-9-25(36)18-23)47-30(34(40)42)19-31(41)38-48(43,44)21(2)3/h5-15,18,21,26-27,30,32-33H,4,16-17,19-20H2,1-3H3,(H,38,41). The maximum Gasteiger partial charge on any atom is 0.253 e. The van der Waals surface area contributed by atoms with Crippen LogP contribution in [0.1, 0.15) is 69.7 Å². The molecule has 1 aliphatic heterocycles. The van der Waals surface area contributed by atoms with E-state index in [0.717, 1.165) is 4.31 Å². The van der Waals surface area contributed by atoms with Gasteiger partial charge in [-0.2, -0.15) is 0 Å². The molecule has 1 heterocycles. The molecule has 3 aromatic carbocycles. The quantitative estimate of drug-likeness (QED) is 0.221. The zero-order valence-electron chi connectivity index (χ0n) is 27.1. The van der Waals surface area contributed by atoms with Crippen LogP contribution >= 0.6 is 23.2 Å². The van der Waals surface area contributed by atoms with Gasteiger partial charge < -0.3 is 9.64 Å². The molecule has 2 aliphatic rings. The van der Waals surface area contributed by atoms with Gasteiger partial charge in [-0.3, -0.25) is 18.6 Å². The molecule has 5 rings (SSSR count). The summed E-state index contributed by atoms with van der Waals surface area (Å²) in [5, 5.41) is -0.779. The number of anilines is 1. The third-order valence-electron chi connectivity index (χ3n) is 8.68. The average Bonchev–Trinajstić information content (AvgIpc) is 3.90. The second kappa shape index (κ2) is 14.9. The van der Waals surface area contributed by atoms with Gasteiger partial charge in [-0.05, 0) is 80.6 Å². The van der Waals surface area contributed by atoms with Crippen LogP contribution < -0.4 is 9.03 Å². The molecule has 0 radical (unpaired) electrons. The summed E-state index contributed by atoms with van der Waals surface area (Å²) in [6.45, 7) is 4.30. The van der Waals surface area contributed by atoms with Crippen LogP contribution in [-0.2, 0) is 34.4 Å². The van der Waals surface area contributed by atoms with Crippen molar-refractivity contribution >= 4 is 60.8 Å². The molecule has 4 unspecified atom stereocenters. The van der Waals surface area contributed by atoms with E-state index in [2.05, 4.69) is 0 Å². The third-order valence-corrected chi connectivity index (χ3v) is 13.2. The van der Waals surface area contributed by atoms with Crippen molar-refractivity contribution < 1.29 is 35.6 Å². The van der Waals surface area contributed by atoms with Crippen molar-refractivity contribution in [2.45, 2.75) is 81.2 Å². The molecule has 1 aliphatic carbocycles. The van der Waals surface area contributed by atoms with E-state index in [9.17, 15) is 26.4 Å². The Morgan fingerprint density at radius 3 is 2.24 bits per heavy atom. The van der Waals surface area contributed by atoms with Gasteiger partial charge in [-0.25, -0.2) is 21.2 Å². The van der Waals surface area contributed by atoms with E-state index in [1.165, 1.54) is 36.9 Å². The van der Waals surface area contributed by atoms with Crippen LogP contribution in [0.4, 0.5) is 10.1 Å². The van der Waals surface area contributed by atoms with Crippen molar-refractivity contribution in [1.29, 1.82) is 0 Å². The van der Waals surface area contributed by atoms with E-state index in [-0.39, 0.29) is 18.7 Å². The normalized spacial score (nSPS) is 20.7. The molecular weight excluding hydrogens is 716 g/mol. The highest BCUT2D eigenvalue weighted by Crippen LogP contribution is 2.45. The van der Waals surface area contributed by atoms with Gasteiger partial charge in [0.1, 0.15) is 18.0 Å². The predicted octanol–water partition coefficient (Wildman–Crippen LogP) is 6.16. The van der Waals surface area contributed by atoms with Gasteiger partial charge in [0.05, 0.1) is 41.2 Å². The Morgan fingerprint density at radius 2 is 1.65 bits per heavy atom. The zero-order chi connectivity index (χ0) is 35.7. The van der Waals surface area contributed by atoms with Crippen molar-refractivity contribution in [3.63, 3.8) is 0 Å². The summed E-state index contributed by atoms with van der Waals surface area (Å²) in [6, 6.07) is 17.3. The molecule has 1 saturated carbocycles. The number of benzene rings is 3. The van der Waals surface area contributed by atoms with Crippen LogP contribution in [0.15, 0.2) is 72.8 Å². The van der Waals surface area contributed by atoms with Crippen molar-refractivity contribution in [3.05, 3.63) is 99.8 Å². The first kappa shape index (κ1) is 37.0. The van der Waals surface area contributed by atoms with Gasteiger partial charge in [0.15, 0.2) is 0 Å². The highest BCUT2D eigenvalue weighted by molar-refractivity contribution is 7.93. The molecule has 49 heavy (non-hydrogen) atoms. The largest absolute Gasteiger partial charge is 0.357 e. The molecule has 0 aromatic heterocycles. The number of nitrogens with zero attached hydrogens (tertiary/aromatic N) is 2. The fourth-order valence-electron chi connectivity index (χ4n) is 5.87. The molecule has 15 heteroatoms. The maximum absolute atomic E-state index is 15.3. The Labute approximate surface area is 296 Å². The summed E-state index contributed by atoms with van der Waals surface area (Å²) in [5.74, 6) is -2.35. The molecule has 3 aromatic rings. The Kier molecular flexibility index (Phi) is 11.3. The number of carbonyl (C=O) groups is 2. The molecule has 2 fully saturated rings. The van der Waals surface area contributed by atoms with Crippen molar-refractivity contribution in [3.8, 4) is 0 Å². The first-order valence-corrected chi connectivity index (χ1v) is 19.7. The number of hydrogen-bond acceptors (Lipinski definition) is 7. The van der Waals surface area contributed by atoms with E-state index >= 15 is 4.39 Å². The smallest absolute Gasteiger partial charge is 0.253 e. The van der Waals surface area contributed by atoms with Crippen molar-refractivity contribution in [2.24, 2.45) is 0 Å². The lowest BCUT2D eigenvalue weighted by Gasteiger charge is -2.49. The van der Waals surface area contributed by atoms with E-state index in [0.29, 0.717) is 34.0 Å². The van der Waals surface area contributed by atoms with Gasteiger partial charge >= 0.3 is 0 Å². The first-order valence-electron chi connectivity index (χ1n) is 15.9. The molecule has 0 bridgehead atoms. The van der Waals surface area contributed by atoms with E-state index in [1.807, 2.05) is 4.72 Å². The van der Waals surface area contributed by atoms with E-state index in [1.54, 1.807) is 61.5 Å². The lowest BCUT2D eigenvalue weighted by atomic mass is 9.89. The molecule has 1 N–H and O–H groups in total. The highest BCUT2D eigenvalue weighted by Gasteiger charge is 2.49. The number of morpholine rings is 1. The van der Waals surface area contributed by atoms with Gasteiger partial charge in [-0.15, -0.1) is 0 Å². The number of nitrogens with one attached hydrogen (secondary N) is 1. The fraction of sp³-hybridized carbons (Fsp3) is 0.412. The number of amides is 2. The summed E-state index contributed by atoms with van der Waals surface area (Å²) in [5.41, 5.74) is 1.00. The second-order valence-electron chi connectivity index (χ2n) is 12.5. The molecular formula is C34H38Cl2FN3O7S2. The van der Waals surface area contributed by atoms with Crippen LogP contribution in [0.2, 0.25) is 10.0 Å². The summed E-state index contributed by atoms with van der Waals surface area (Å²) >= 11 is 12.6. The Balaban J connectivity index is 1.64. The molecule has 0 spiro atoms. The molecule has 10 nitrogen and oxygen atoms in total. The van der Waals surface area contributed by atoms with Crippen LogP contribution in [0, 0.1) is 5.82 Å². The second-order valence-corrected chi connectivity index (χ2v) is 17.7. The topological polar surface area (TPSA) is 130 Å². The molecule has 264 valence electrons. The molecule has 4 atom stereocenters. The Morgan fingerprint density at radius 1 is 0.980 bits per heavy atom. The summed E-state index contributed by atoms with van der Waals surface area (Å²) in [7, 11) is -8.04. The number of halogens is 3. The van der Waals surface area contributed by atoms with Gasteiger partial charge in [0, 0.05) is 10.0 Å². The number of para-hydroxylation sites is 1. The van der Waals surface area contributed by atoms with Gasteiger partial charge in [0.2, 0.25) is 26.0 Å². The number of rotatable bonds is 13. The summed E-state index contributed by atoms with van der Waals surface area (Å²) in [4.78, 5) is 29.2. The number of ether oxygens (including phenoxy) is 1. The summed E-state index contributed by atoms with van der Waals surface area (Å²) in [6.07, 6.45) is -1.97. The number of carbonyl (C=O) groups excluding carboxylic acids is 2. The summed E-state index contributed by atoms with van der Waals surface area (Å²) < 4.78 is 77.5. The predicted molar refractivity (Wildman–Crippen MR) is 187 cm³/mol. The van der Waals surface area contributed by atoms with Crippen LogP contribution in [0.5, 0.6) is 0 Å². The van der Waals surface area contributed by atoms with Crippen molar-refractivity contribution in [2.75, 3.05) is 10.8 Å². The van der Waals surface area contributed by atoms with Gasteiger partial charge in [0.25, 0.3) is 5.91 Å². The first-order chi connectivity index (χ1) is 23.1. The Hall–Kier alpha value is -3.23. The monoisotopic (exact) mass is 753 g/mol. The maximum atomic E-state index is 15.3. The van der Waals surface area contributed by atoms with Gasteiger partial charge in [-0.1, -0.05) is 66.5 Å². The minimum atomic E-state index is -4.03. The average molecular weight is 755 g/mol. The minimum absolute atomic E-state index is 0.141. The van der Waals surface area contributed by atoms with Crippen molar-refractivity contribution in [1.82, 2.24) is 9.62 Å². The Bertz CT molecular complexity index is 1910. The molecule has 1 saturated heterocycles. The molecule has 2 amide bonds. The lowest BCUT2D eigenvalue weighted by molar-refractivity contribution is -0.181. The van der Waals surface area contributed by atoms with Crippen LogP contribution in [0.3, 0.4) is 0 Å². The minimum Gasteiger partial charge on any atom is -0.357 e. The van der Waals surface area contributed by atoms with E-state index < -0.39 is 78.9 Å². The van der Waals surface area contributed by atoms with Crippen LogP contribution in [0.25, 0.3) is 0 Å². The highest BCUT2D eigenvalue weighted by atomic mass is 35.5. The number of hydrogen-bond donors (Lipinski definition) is 1. The SMILES string of the molecule is CCC(CN(c1ccccc1F)S(=O)(=O)C1CC1)N1C(=O)C(CC(=O)NS(=O)(=O)C(C)C)OC(c2cccc(Cl)c2)C1c1ccc(Cl)cc1. The number of sulfonamides is 2. The lowest BCUT2D eigenvalue weighted by Crippen LogP contribution is -2.58. The van der Waals surface area contributed by atoms with E-state index in [4.69, 9.17) is 27.9 Å². The fourth-order valence-corrected chi connectivity index (χ4v) is 8.73. The van der Waals surface area contributed by atoms with Crippen LogP contribution in [-0.4, -0.2) is 62.7 Å².